The molecule has 0 amide bonds. The molecular weight excluding hydrogens is 538 g/mol. The lowest BCUT2D eigenvalue weighted by Crippen LogP contribution is -2.00. The van der Waals surface area contributed by atoms with Crippen LogP contribution in [0.5, 0.6) is 5.75 Å². The zero-order valence-corrected chi connectivity index (χ0v) is 20.1. The van der Waals surface area contributed by atoms with Crippen LogP contribution in [0.3, 0.4) is 0 Å². The van der Waals surface area contributed by atoms with E-state index in [2.05, 4.69) is 10.2 Å². The molecule has 0 spiro atoms. The SMILES string of the molecule is Nc1ccc(N=Nc2c(S(=O)(=O)O)cc3cc(S(=O)(=O)O)ccc3c2O)c2cc(S(=O)(=O)O)ccc12. The van der Waals surface area contributed by atoms with Crippen LogP contribution in [0.25, 0.3) is 21.5 Å². The lowest BCUT2D eigenvalue weighted by atomic mass is 10.1. The maximum absolute atomic E-state index is 12.0. The van der Waals surface area contributed by atoms with E-state index < -0.39 is 56.5 Å². The molecular formula is C20H15N3O10S3. The Labute approximate surface area is 203 Å². The van der Waals surface area contributed by atoms with Crippen LogP contribution in [-0.2, 0) is 30.4 Å². The van der Waals surface area contributed by atoms with Gasteiger partial charge in [-0.15, -0.1) is 10.2 Å². The number of phenolic OH excluding ortho intramolecular Hbond substituents is 1. The molecule has 4 aromatic carbocycles. The van der Waals surface area contributed by atoms with E-state index in [1.807, 2.05) is 0 Å². The first-order chi connectivity index (χ1) is 16.6. The van der Waals surface area contributed by atoms with Crippen molar-refractivity contribution in [2.24, 2.45) is 10.2 Å². The van der Waals surface area contributed by atoms with Gasteiger partial charge in [-0.2, -0.15) is 25.3 Å². The highest BCUT2D eigenvalue weighted by Gasteiger charge is 2.23. The second-order valence-electron chi connectivity index (χ2n) is 7.46. The van der Waals surface area contributed by atoms with Crippen LogP contribution in [0.15, 0.2) is 79.5 Å². The topological polar surface area (TPSA) is 234 Å². The van der Waals surface area contributed by atoms with Gasteiger partial charge in [0, 0.05) is 21.8 Å². The van der Waals surface area contributed by atoms with Gasteiger partial charge in [-0.1, -0.05) is 6.07 Å². The van der Waals surface area contributed by atoms with Crippen molar-refractivity contribution in [3.8, 4) is 5.75 Å². The third kappa shape index (κ3) is 4.72. The van der Waals surface area contributed by atoms with Crippen LogP contribution in [0.1, 0.15) is 0 Å². The van der Waals surface area contributed by atoms with E-state index in [4.69, 9.17) is 5.73 Å². The maximum atomic E-state index is 12.0. The number of benzene rings is 4. The van der Waals surface area contributed by atoms with Crippen molar-refractivity contribution in [3.05, 3.63) is 54.6 Å². The number of nitrogen functional groups attached to an aromatic ring is 1. The number of nitrogens with two attached hydrogens (primary N) is 1. The Morgan fingerprint density at radius 2 is 1.22 bits per heavy atom. The average molecular weight is 554 g/mol. The van der Waals surface area contributed by atoms with Gasteiger partial charge in [0.25, 0.3) is 30.4 Å². The van der Waals surface area contributed by atoms with Crippen molar-refractivity contribution in [1.82, 2.24) is 0 Å². The highest BCUT2D eigenvalue weighted by Crippen LogP contribution is 2.42. The average Bonchev–Trinajstić information content (AvgIpc) is 2.77. The minimum Gasteiger partial charge on any atom is -0.505 e. The lowest BCUT2D eigenvalue weighted by molar-refractivity contribution is 0.472. The molecule has 16 heteroatoms. The molecule has 0 saturated heterocycles. The lowest BCUT2D eigenvalue weighted by Gasteiger charge is -2.10. The zero-order valence-electron chi connectivity index (χ0n) is 17.6. The quantitative estimate of drug-likeness (QED) is 0.136. The summed E-state index contributed by atoms with van der Waals surface area (Å²) < 4.78 is 98.3. The van der Waals surface area contributed by atoms with Gasteiger partial charge in [-0.3, -0.25) is 13.7 Å². The molecule has 4 rings (SSSR count). The summed E-state index contributed by atoms with van der Waals surface area (Å²) in [6, 6.07) is 9.96. The molecule has 36 heavy (non-hydrogen) atoms. The third-order valence-electron chi connectivity index (χ3n) is 5.15. The van der Waals surface area contributed by atoms with E-state index in [1.54, 1.807) is 0 Å². The second-order valence-corrected chi connectivity index (χ2v) is 11.7. The van der Waals surface area contributed by atoms with Gasteiger partial charge in [0.15, 0.2) is 5.75 Å². The van der Waals surface area contributed by atoms with E-state index in [1.165, 1.54) is 18.2 Å². The van der Waals surface area contributed by atoms with E-state index in [0.717, 1.165) is 36.4 Å². The smallest absolute Gasteiger partial charge is 0.296 e. The standard InChI is InChI=1S/C20H15N3O10S3/c21-16-5-6-17(15-9-12(35(28,29)30)2-4-14(15)16)22-23-19-18(36(31,32)33)8-10-7-11(34(25,26)27)1-3-13(10)20(19)24/h1-9,24H,21H2,(H,25,26,27)(H,28,29,30)(H,31,32,33). The first kappa shape index (κ1) is 25.4. The number of phenols is 1. The van der Waals surface area contributed by atoms with Crippen molar-refractivity contribution in [1.29, 1.82) is 0 Å². The second kappa shape index (κ2) is 8.47. The number of anilines is 1. The van der Waals surface area contributed by atoms with Crippen LogP contribution >= 0.6 is 0 Å². The van der Waals surface area contributed by atoms with Gasteiger partial charge in [-0.05, 0) is 53.9 Å². The molecule has 0 aliphatic carbocycles. The normalized spacial score (nSPS) is 13.1. The van der Waals surface area contributed by atoms with E-state index >= 15 is 0 Å². The van der Waals surface area contributed by atoms with E-state index in [-0.39, 0.29) is 27.5 Å². The van der Waals surface area contributed by atoms with Crippen LogP contribution in [0.2, 0.25) is 0 Å². The first-order valence-corrected chi connectivity index (χ1v) is 13.9. The summed E-state index contributed by atoms with van der Waals surface area (Å²) >= 11 is 0. The maximum Gasteiger partial charge on any atom is 0.296 e. The minimum absolute atomic E-state index is 0.0350. The molecule has 13 nitrogen and oxygen atoms in total. The third-order valence-corrected chi connectivity index (χ3v) is 7.72. The van der Waals surface area contributed by atoms with Crippen molar-refractivity contribution in [2.75, 3.05) is 5.73 Å². The van der Waals surface area contributed by atoms with Crippen molar-refractivity contribution >= 4 is 69.0 Å². The van der Waals surface area contributed by atoms with Gasteiger partial charge < -0.3 is 10.8 Å². The summed E-state index contributed by atoms with van der Waals surface area (Å²) in [5.74, 6) is -0.788. The molecule has 0 radical (unpaired) electrons. The monoisotopic (exact) mass is 553 g/mol. The predicted molar refractivity (Wildman–Crippen MR) is 128 cm³/mol. The summed E-state index contributed by atoms with van der Waals surface area (Å²) in [5.41, 5.74) is 5.39. The number of azo groups is 1. The highest BCUT2D eigenvalue weighted by atomic mass is 32.2. The molecule has 0 aliphatic heterocycles. The van der Waals surface area contributed by atoms with Gasteiger partial charge in [-0.25, -0.2) is 0 Å². The molecule has 0 fully saturated rings. The van der Waals surface area contributed by atoms with Crippen LogP contribution in [0, 0.1) is 0 Å². The Morgan fingerprint density at radius 1 is 0.639 bits per heavy atom. The van der Waals surface area contributed by atoms with Gasteiger partial charge in [0.2, 0.25) is 0 Å². The van der Waals surface area contributed by atoms with Gasteiger partial charge in [0.05, 0.1) is 15.5 Å². The number of fused-ring (bicyclic) bond motifs is 2. The molecule has 0 unspecified atom stereocenters. The fourth-order valence-corrected chi connectivity index (χ4v) is 5.15. The van der Waals surface area contributed by atoms with E-state index in [9.17, 15) is 44.0 Å². The fourth-order valence-electron chi connectivity index (χ4n) is 3.47. The Hall–Kier alpha value is -3.67. The minimum atomic E-state index is -5.03. The Morgan fingerprint density at radius 3 is 1.81 bits per heavy atom. The Bertz CT molecular complexity index is 1940. The van der Waals surface area contributed by atoms with Crippen molar-refractivity contribution in [2.45, 2.75) is 14.7 Å². The number of hydrogen-bond donors (Lipinski definition) is 5. The van der Waals surface area contributed by atoms with E-state index in [0.29, 0.717) is 5.39 Å². The zero-order chi connectivity index (χ0) is 26.6. The molecule has 0 aliphatic rings. The molecule has 188 valence electrons. The molecule has 4 aromatic rings. The predicted octanol–water partition coefficient (Wildman–Crippen LogP) is 3.44. The molecule has 0 atom stereocenters. The fraction of sp³-hybridized carbons (Fsp3) is 0. The number of rotatable bonds is 5. The van der Waals surface area contributed by atoms with Crippen LogP contribution < -0.4 is 5.73 Å². The van der Waals surface area contributed by atoms with Crippen LogP contribution in [0.4, 0.5) is 17.1 Å². The summed E-state index contributed by atoms with van der Waals surface area (Å²) in [6.45, 7) is 0. The Kier molecular flexibility index (Phi) is 5.98. The van der Waals surface area contributed by atoms with Crippen molar-refractivity contribution in [3.63, 3.8) is 0 Å². The number of nitrogens with zero attached hydrogens (tertiary/aromatic N) is 2. The summed E-state index contributed by atoms with van der Waals surface area (Å²) in [7, 11) is -14.3. The summed E-state index contributed by atoms with van der Waals surface area (Å²) in [6.07, 6.45) is 0. The summed E-state index contributed by atoms with van der Waals surface area (Å²) in [4.78, 5) is -1.99. The molecule has 6 N–H and O–H groups in total. The molecule has 0 saturated carbocycles. The molecule has 0 heterocycles. The first-order valence-electron chi connectivity index (χ1n) is 9.53. The van der Waals surface area contributed by atoms with Gasteiger partial charge in [0.1, 0.15) is 10.6 Å². The summed E-state index contributed by atoms with van der Waals surface area (Å²) in [5, 5.41) is 18.5. The van der Waals surface area contributed by atoms with Gasteiger partial charge >= 0.3 is 0 Å². The number of hydrogen-bond acceptors (Lipinski definition) is 10. The Balaban J connectivity index is 1.98. The largest absolute Gasteiger partial charge is 0.505 e. The molecule has 0 aromatic heterocycles. The van der Waals surface area contributed by atoms with Crippen LogP contribution in [-0.4, -0.2) is 44.0 Å². The number of aromatic hydroxyl groups is 1. The highest BCUT2D eigenvalue weighted by molar-refractivity contribution is 7.86. The molecule has 0 bridgehead atoms. The van der Waals surface area contributed by atoms with Crippen molar-refractivity contribution < 1.29 is 44.0 Å².